The van der Waals surface area contributed by atoms with Crippen molar-refractivity contribution >= 4 is 12.0 Å². The average molecular weight is 322 g/mol. The third-order valence-electron chi connectivity index (χ3n) is 3.40. The van der Waals surface area contributed by atoms with Crippen molar-refractivity contribution in [3.8, 4) is 11.5 Å². The molecule has 0 heterocycles. The van der Waals surface area contributed by atoms with Crippen LogP contribution in [0, 0.1) is 0 Å². The van der Waals surface area contributed by atoms with Gasteiger partial charge in [-0.25, -0.2) is 4.79 Å². The van der Waals surface area contributed by atoms with E-state index in [1.165, 1.54) is 19.3 Å². The van der Waals surface area contributed by atoms with Gasteiger partial charge in [-0.3, -0.25) is 0 Å². The predicted molar refractivity (Wildman–Crippen MR) is 89.6 cm³/mol. The molecule has 0 saturated heterocycles. The fourth-order valence-corrected chi connectivity index (χ4v) is 2.19. The summed E-state index contributed by atoms with van der Waals surface area (Å²) >= 11 is 0. The molecule has 0 aliphatic rings. The Morgan fingerprint density at radius 3 is 2.70 bits per heavy atom. The van der Waals surface area contributed by atoms with Crippen LogP contribution in [0.4, 0.5) is 0 Å². The number of hydrogen-bond donors (Lipinski definition) is 1. The predicted octanol–water partition coefficient (Wildman–Crippen LogP) is 3.55. The second-order valence-electron chi connectivity index (χ2n) is 5.23. The second kappa shape index (κ2) is 9.90. The molecule has 0 fully saturated rings. The molecule has 0 aliphatic carbocycles. The Labute approximate surface area is 137 Å². The summed E-state index contributed by atoms with van der Waals surface area (Å²) in [6.07, 6.45) is 4.32. The Kier molecular flexibility index (Phi) is 8.19. The van der Waals surface area contributed by atoms with Crippen LogP contribution in [0.3, 0.4) is 0 Å². The Morgan fingerprint density at radius 1 is 1.35 bits per heavy atom. The van der Waals surface area contributed by atoms with Crippen LogP contribution < -0.4 is 4.74 Å². The van der Waals surface area contributed by atoms with E-state index in [4.69, 9.17) is 14.2 Å². The van der Waals surface area contributed by atoms with Gasteiger partial charge in [-0.05, 0) is 44.0 Å². The van der Waals surface area contributed by atoms with E-state index in [1.54, 1.807) is 18.2 Å². The fraction of sp³-hybridized carbons (Fsp3) is 0.500. The first kappa shape index (κ1) is 19.0. The van der Waals surface area contributed by atoms with Crippen LogP contribution in [-0.4, -0.2) is 37.0 Å². The van der Waals surface area contributed by atoms with Gasteiger partial charge in [0, 0.05) is 19.1 Å². The van der Waals surface area contributed by atoms with Crippen LogP contribution >= 0.6 is 0 Å². The maximum absolute atomic E-state index is 11.9. The lowest BCUT2D eigenvalue weighted by atomic mass is 10.1. The molecule has 0 bridgehead atoms. The number of phenols is 1. The van der Waals surface area contributed by atoms with Gasteiger partial charge in [0.2, 0.25) is 0 Å². The molecule has 2 unspecified atom stereocenters. The molecule has 5 nitrogen and oxygen atoms in total. The summed E-state index contributed by atoms with van der Waals surface area (Å²) in [4.78, 5) is 11.9. The van der Waals surface area contributed by atoms with E-state index in [1.807, 2.05) is 20.8 Å². The first-order valence-electron chi connectivity index (χ1n) is 7.87. The number of carbonyl (C=O) groups is 1. The van der Waals surface area contributed by atoms with Crippen molar-refractivity contribution < 1.29 is 24.1 Å². The normalized spacial score (nSPS) is 13.7. The number of ether oxygens (including phenoxy) is 3. The minimum absolute atomic E-state index is 0.0584. The van der Waals surface area contributed by atoms with E-state index >= 15 is 0 Å². The van der Waals surface area contributed by atoms with Crippen molar-refractivity contribution in [2.75, 3.05) is 13.7 Å². The third-order valence-corrected chi connectivity index (χ3v) is 3.40. The van der Waals surface area contributed by atoms with Gasteiger partial charge in [0.15, 0.2) is 11.5 Å². The highest BCUT2D eigenvalue weighted by molar-refractivity contribution is 5.87. The highest BCUT2D eigenvalue weighted by Gasteiger charge is 2.15. The minimum atomic E-state index is -0.396. The summed E-state index contributed by atoms with van der Waals surface area (Å²) in [6, 6.07) is 4.85. The maximum Gasteiger partial charge on any atom is 0.331 e. The monoisotopic (exact) mass is 322 g/mol. The van der Waals surface area contributed by atoms with Crippen LogP contribution in [-0.2, 0) is 14.3 Å². The molecular formula is C18H26O5. The van der Waals surface area contributed by atoms with Crippen molar-refractivity contribution in [2.45, 2.75) is 45.8 Å². The van der Waals surface area contributed by atoms with Crippen LogP contribution in [0.1, 0.15) is 39.2 Å². The van der Waals surface area contributed by atoms with Crippen molar-refractivity contribution in [3.63, 3.8) is 0 Å². The van der Waals surface area contributed by atoms with Crippen LogP contribution in [0.5, 0.6) is 11.5 Å². The summed E-state index contributed by atoms with van der Waals surface area (Å²) < 4.78 is 15.9. The van der Waals surface area contributed by atoms with Crippen molar-refractivity contribution in [1.82, 2.24) is 0 Å². The number of benzene rings is 1. The van der Waals surface area contributed by atoms with Crippen LogP contribution in [0.25, 0.3) is 6.08 Å². The average Bonchev–Trinajstić information content (AvgIpc) is 2.53. The Balaban J connectivity index is 2.60. The fourth-order valence-electron chi connectivity index (χ4n) is 2.19. The molecule has 0 saturated carbocycles. The Bertz CT molecular complexity index is 524. The highest BCUT2D eigenvalue weighted by atomic mass is 16.5. The standard InChI is InChI=1S/C18H26O5/c1-5-15(11-13(3)22-6-2)23-18(20)10-8-14-7-9-16(19)17(12-14)21-4/h7-10,12-13,15,19H,5-6,11H2,1-4H3/b10-8+. The van der Waals surface area contributed by atoms with E-state index in [0.717, 1.165) is 12.0 Å². The third kappa shape index (κ3) is 6.74. The molecule has 1 N–H and O–H groups in total. The molecule has 1 rings (SSSR count). The molecule has 2 atom stereocenters. The molecule has 0 radical (unpaired) electrons. The van der Waals surface area contributed by atoms with Gasteiger partial charge in [-0.15, -0.1) is 0 Å². The van der Waals surface area contributed by atoms with Gasteiger partial charge >= 0.3 is 5.97 Å². The highest BCUT2D eigenvalue weighted by Crippen LogP contribution is 2.26. The summed E-state index contributed by atoms with van der Waals surface area (Å²) in [5.74, 6) is 0.0215. The van der Waals surface area contributed by atoms with Gasteiger partial charge in [-0.2, -0.15) is 0 Å². The van der Waals surface area contributed by atoms with Gasteiger partial charge < -0.3 is 19.3 Å². The Hall–Kier alpha value is -2.01. The lowest BCUT2D eigenvalue weighted by molar-refractivity contribution is -0.144. The van der Waals surface area contributed by atoms with Gasteiger partial charge in [0.05, 0.1) is 13.2 Å². The molecule has 0 aromatic heterocycles. The summed E-state index contributed by atoms with van der Waals surface area (Å²) in [5, 5.41) is 9.54. The van der Waals surface area contributed by atoms with Crippen LogP contribution in [0.15, 0.2) is 24.3 Å². The first-order chi connectivity index (χ1) is 11.0. The molecular weight excluding hydrogens is 296 g/mol. The van der Waals surface area contributed by atoms with E-state index in [0.29, 0.717) is 18.8 Å². The lowest BCUT2D eigenvalue weighted by Gasteiger charge is -2.19. The van der Waals surface area contributed by atoms with Gasteiger partial charge in [-0.1, -0.05) is 13.0 Å². The number of aromatic hydroxyl groups is 1. The van der Waals surface area contributed by atoms with Crippen molar-refractivity contribution in [2.24, 2.45) is 0 Å². The van der Waals surface area contributed by atoms with Crippen molar-refractivity contribution in [3.05, 3.63) is 29.8 Å². The largest absolute Gasteiger partial charge is 0.504 e. The molecule has 128 valence electrons. The zero-order valence-corrected chi connectivity index (χ0v) is 14.2. The number of carbonyl (C=O) groups excluding carboxylic acids is 1. The van der Waals surface area contributed by atoms with E-state index < -0.39 is 5.97 Å². The molecule has 1 aromatic rings. The van der Waals surface area contributed by atoms with Crippen molar-refractivity contribution in [1.29, 1.82) is 0 Å². The first-order valence-corrected chi connectivity index (χ1v) is 7.87. The van der Waals surface area contributed by atoms with E-state index in [2.05, 4.69) is 0 Å². The number of phenolic OH excluding ortho intramolecular Hbond substituents is 1. The summed E-state index contributed by atoms with van der Waals surface area (Å²) in [5.41, 5.74) is 0.743. The zero-order chi connectivity index (χ0) is 17.2. The minimum Gasteiger partial charge on any atom is -0.504 e. The maximum atomic E-state index is 11.9. The Morgan fingerprint density at radius 2 is 2.09 bits per heavy atom. The summed E-state index contributed by atoms with van der Waals surface area (Å²) in [6.45, 7) is 6.54. The molecule has 0 amide bonds. The molecule has 23 heavy (non-hydrogen) atoms. The molecule has 0 spiro atoms. The SMILES string of the molecule is CCOC(C)CC(CC)OC(=O)/C=C/c1ccc(O)c(OC)c1. The van der Waals surface area contributed by atoms with Gasteiger partial charge in [0.1, 0.15) is 6.10 Å². The summed E-state index contributed by atoms with van der Waals surface area (Å²) in [7, 11) is 1.47. The molecule has 0 aliphatic heterocycles. The molecule has 1 aromatic carbocycles. The topological polar surface area (TPSA) is 65.0 Å². The van der Waals surface area contributed by atoms with E-state index in [-0.39, 0.29) is 18.0 Å². The smallest absolute Gasteiger partial charge is 0.331 e. The molecule has 5 heteroatoms. The number of methoxy groups -OCH3 is 1. The number of esters is 1. The van der Waals surface area contributed by atoms with Crippen LogP contribution in [0.2, 0.25) is 0 Å². The lowest BCUT2D eigenvalue weighted by Crippen LogP contribution is -2.22. The second-order valence-corrected chi connectivity index (χ2v) is 5.23. The zero-order valence-electron chi connectivity index (χ0n) is 14.2. The quantitative estimate of drug-likeness (QED) is 0.556. The number of hydrogen-bond acceptors (Lipinski definition) is 5. The van der Waals surface area contributed by atoms with Gasteiger partial charge in [0.25, 0.3) is 0 Å². The number of rotatable bonds is 9. The van der Waals surface area contributed by atoms with E-state index in [9.17, 15) is 9.90 Å².